The molecule has 1 atom stereocenters. The Bertz CT molecular complexity index is 494. The number of piperazine rings is 1. The summed E-state index contributed by atoms with van der Waals surface area (Å²) >= 11 is 0. The molecule has 2 amide bonds. The number of hydrogen-bond acceptors (Lipinski definition) is 5. The smallest absolute Gasteiger partial charge is 0.317 e. The van der Waals surface area contributed by atoms with E-state index in [0.29, 0.717) is 0 Å². The van der Waals surface area contributed by atoms with Crippen molar-refractivity contribution in [1.82, 2.24) is 20.2 Å². The predicted molar refractivity (Wildman–Crippen MR) is 76.9 cm³/mol. The van der Waals surface area contributed by atoms with Gasteiger partial charge in [-0.25, -0.2) is 14.8 Å². The fraction of sp³-hybridized carbons (Fsp3) is 0.615. The van der Waals surface area contributed by atoms with Crippen molar-refractivity contribution in [3.8, 4) is 0 Å². The van der Waals surface area contributed by atoms with Crippen LogP contribution < -0.4 is 15.5 Å². The lowest BCUT2D eigenvalue weighted by atomic mass is 10.2. The number of urea groups is 1. The number of aromatic nitrogens is 2. The third kappa shape index (κ3) is 2.48. The van der Waals surface area contributed by atoms with Crippen molar-refractivity contribution < 1.29 is 4.79 Å². The van der Waals surface area contributed by atoms with Crippen LogP contribution >= 0.6 is 0 Å². The molecular weight excluding hydrogens is 256 g/mol. The fourth-order valence-corrected chi connectivity index (χ4v) is 2.68. The quantitative estimate of drug-likeness (QED) is 0.838. The van der Waals surface area contributed by atoms with Crippen LogP contribution in [0, 0.1) is 0 Å². The molecule has 1 aromatic heterocycles. The van der Waals surface area contributed by atoms with E-state index in [4.69, 9.17) is 0 Å². The number of hydrogen-bond donors (Lipinski definition) is 2. The summed E-state index contributed by atoms with van der Waals surface area (Å²) in [6, 6.07) is 2.29. The van der Waals surface area contributed by atoms with E-state index >= 15 is 0 Å². The molecule has 7 heteroatoms. The maximum Gasteiger partial charge on any atom is 0.317 e. The fourth-order valence-electron chi connectivity index (χ4n) is 2.68. The lowest BCUT2D eigenvalue weighted by Crippen LogP contribution is -2.52. The van der Waals surface area contributed by atoms with Crippen molar-refractivity contribution in [3.63, 3.8) is 0 Å². The molecule has 20 heavy (non-hydrogen) atoms. The summed E-state index contributed by atoms with van der Waals surface area (Å²) in [6.45, 7) is 6.14. The minimum Gasteiger partial charge on any atom is -0.370 e. The van der Waals surface area contributed by atoms with Crippen molar-refractivity contribution in [3.05, 3.63) is 12.4 Å². The maximum atomic E-state index is 11.6. The lowest BCUT2D eigenvalue weighted by molar-refractivity contribution is 0.197. The van der Waals surface area contributed by atoms with E-state index in [1.165, 1.54) is 0 Å². The molecule has 2 aliphatic rings. The highest BCUT2D eigenvalue weighted by molar-refractivity contribution is 5.77. The molecule has 7 nitrogen and oxygen atoms in total. The Morgan fingerprint density at radius 3 is 3.20 bits per heavy atom. The number of carbonyl (C=O) groups is 1. The molecule has 108 valence electrons. The third-order valence-electron chi connectivity index (χ3n) is 3.77. The monoisotopic (exact) mass is 276 g/mol. The number of nitrogens with zero attached hydrogens (tertiary/aromatic N) is 4. The SMILES string of the molecule is CCCNc1cc(N2CCN3C(=O)NCC3C2)ncn1. The van der Waals surface area contributed by atoms with Crippen LogP contribution in [0.4, 0.5) is 16.4 Å². The Balaban J connectivity index is 1.69. The summed E-state index contributed by atoms with van der Waals surface area (Å²) in [6.07, 6.45) is 2.66. The van der Waals surface area contributed by atoms with Crippen LogP contribution in [-0.2, 0) is 0 Å². The minimum atomic E-state index is 0.0580. The first kappa shape index (κ1) is 13.0. The molecule has 0 bridgehead atoms. The van der Waals surface area contributed by atoms with Gasteiger partial charge in [-0.15, -0.1) is 0 Å². The second kappa shape index (κ2) is 5.52. The summed E-state index contributed by atoms with van der Waals surface area (Å²) < 4.78 is 0. The van der Waals surface area contributed by atoms with E-state index in [9.17, 15) is 4.79 Å². The van der Waals surface area contributed by atoms with Gasteiger partial charge in [-0.1, -0.05) is 6.92 Å². The van der Waals surface area contributed by atoms with Gasteiger partial charge in [0.2, 0.25) is 0 Å². The van der Waals surface area contributed by atoms with E-state index in [2.05, 4.69) is 32.4 Å². The Kier molecular flexibility index (Phi) is 3.58. The van der Waals surface area contributed by atoms with Crippen LogP contribution in [0.15, 0.2) is 12.4 Å². The molecule has 0 radical (unpaired) electrons. The van der Waals surface area contributed by atoms with Crippen LogP contribution in [0.2, 0.25) is 0 Å². The predicted octanol–water partition coefficient (Wildman–Crippen LogP) is 0.512. The van der Waals surface area contributed by atoms with Gasteiger partial charge >= 0.3 is 6.03 Å². The Morgan fingerprint density at radius 1 is 1.45 bits per heavy atom. The van der Waals surface area contributed by atoms with Gasteiger partial charge in [0, 0.05) is 38.8 Å². The normalized spacial score (nSPS) is 21.6. The van der Waals surface area contributed by atoms with Crippen LogP contribution in [0.25, 0.3) is 0 Å². The van der Waals surface area contributed by atoms with Crippen molar-refractivity contribution in [1.29, 1.82) is 0 Å². The van der Waals surface area contributed by atoms with Crippen LogP contribution in [0.1, 0.15) is 13.3 Å². The van der Waals surface area contributed by atoms with Gasteiger partial charge in [-0.3, -0.25) is 0 Å². The van der Waals surface area contributed by atoms with Gasteiger partial charge in [-0.2, -0.15) is 0 Å². The highest BCUT2D eigenvalue weighted by Gasteiger charge is 2.35. The maximum absolute atomic E-state index is 11.6. The van der Waals surface area contributed by atoms with Crippen molar-refractivity contribution in [2.24, 2.45) is 0 Å². The first-order valence-electron chi connectivity index (χ1n) is 7.13. The highest BCUT2D eigenvalue weighted by atomic mass is 16.2. The van der Waals surface area contributed by atoms with Gasteiger partial charge in [-0.05, 0) is 6.42 Å². The number of amides is 2. The summed E-state index contributed by atoms with van der Waals surface area (Å²) in [5.74, 6) is 1.79. The Morgan fingerprint density at radius 2 is 2.35 bits per heavy atom. The molecule has 0 aromatic carbocycles. The highest BCUT2D eigenvalue weighted by Crippen LogP contribution is 2.20. The second-order valence-corrected chi connectivity index (χ2v) is 5.17. The molecule has 1 aromatic rings. The summed E-state index contributed by atoms with van der Waals surface area (Å²) in [5.41, 5.74) is 0. The molecule has 1 unspecified atom stereocenters. The minimum absolute atomic E-state index is 0.0580. The number of rotatable bonds is 4. The zero-order valence-corrected chi connectivity index (χ0v) is 11.7. The molecule has 2 saturated heterocycles. The summed E-state index contributed by atoms with van der Waals surface area (Å²) in [4.78, 5) is 24.3. The Hall–Kier alpha value is -2.05. The van der Waals surface area contributed by atoms with E-state index in [1.54, 1.807) is 6.33 Å². The van der Waals surface area contributed by atoms with Gasteiger partial charge in [0.25, 0.3) is 0 Å². The topological polar surface area (TPSA) is 73.4 Å². The van der Waals surface area contributed by atoms with Crippen molar-refractivity contribution in [2.45, 2.75) is 19.4 Å². The molecular formula is C13H20N6O. The number of nitrogens with one attached hydrogen (secondary N) is 2. The molecule has 0 spiro atoms. The largest absolute Gasteiger partial charge is 0.370 e. The van der Waals surface area contributed by atoms with E-state index < -0.39 is 0 Å². The van der Waals surface area contributed by atoms with Crippen LogP contribution in [0.3, 0.4) is 0 Å². The first-order valence-corrected chi connectivity index (χ1v) is 7.13. The lowest BCUT2D eigenvalue weighted by Gasteiger charge is -2.37. The van der Waals surface area contributed by atoms with E-state index in [-0.39, 0.29) is 12.1 Å². The zero-order chi connectivity index (χ0) is 13.9. The van der Waals surface area contributed by atoms with Gasteiger partial charge in [0.15, 0.2) is 0 Å². The molecule has 0 saturated carbocycles. The zero-order valence-electron chi connectivity index (χ0n) is 11.7. The molecule has 2 aliphatic heterocycles. The first-order chi connectivity index (χ1) is 9.78. The Labute approximate surface area is 118 Å². The molecule has 3 rings (SSSR count). The number of carbonyl (C=O) groups excluding carboxylic acids is 1. The van der Waals surface area contributed by atoms with Crippen molar-refractivity contribution in [2.75, 3.05) is 42.9 Å². The standard InChI is InChI=1S/C13H20N6O/c1-2-3-14-11-6-12(17-9-16-11)18-4-5-19-10(8-18)7-15-13(19)20/h6,9-10H,2-5,7-8H2,1H3,(H,15,20)(H,14,16,17). The average Bonchev–Trinajstić information content (AvgIpc) is 2.86. The molecule has 0 aliphatic carbocycles. The van der Waals surface area contributed by atoms with Crippen LogP contribution in [0.5, 0.6) is 0 Å². The average molecular weight is 276 g/mol. The summed E-state index contributed by atoms with van der Waals surface area (Å²) in [5, 5.41) is 6.16. The van der Waals surface area contributed by atoms with Gasteiger partial charge in [0.05, 0.1) is 6.04 Å². The number of fused-ring (bicyclic) bond motifs is 1. The second-order valence-electron chi connectivity index (χ2n) is 5.17. The van der Waals surface area contributed by atoms with Crippen molar-refractivity contribution >= 4 is 17.7 Å². The molecule has 2 N–H and O–H groups in total. The number of anilines is 2. The molecule has 2 fully saturated rings. The third-order valence-corrected chi connectivity index (χ3v) is 3.77. The molecule has 3 heterocycles. The van der Waals surface area contributed by atoms with Gasteiger partial charge in [0.1, 0.15) is 18.0 Å². The van der Waals surface area contributed by atoms with E-state index in [0.717, 1.165) is 50.8 Å². The van der Waals surface area contributed by atoms with Gasteiger partial charge < -0.3 is 20.4 Å². The van der Waals surface area contributed by atoms with E-state index in [1.807, 2.05) is 11.0 Å². The summed E-state index contributed by atoms with van der Waals surface area (Å²) in [7, 11) is 0. The van der Waals surface area contributed by atoms with Crippen LogP contribution in [-0.4, -0.2) is 59.7 Å².